The normalized spacial score (nSPS) is 21.5. The molecule has 1 aliphatic carbocycles. The van der Waals surface area contributed by atoms with Crippen LogP contribution in [0.3, 0.4) is 0 Å². The van der Waals surface area contributed by atoms with Crippen molar-refractivity contribution in [3.05, 3.63) is 35.8 Å². The van der Waals surface area contributed by atoms with Crippen molar-refractivity contribution in [2.24, 2.45) is 11.7 Å². The van der Waals surface area contributed by atoms with Crippen molar-refractivity contribution in [1.82, 2.24) is 19.5 Å². The number of rotatable bonds is 6. The molecule has 4 N–H and O–H groups in total. The first kappa shape index (κ1) is 22.5. The summed E-state index contributed by atoms with van der Waals surface area (Å²) in [6, 6.07) is 5.28. The number of aryl methyl sites for hydroxylation is 1. The number of anilines is 3. The van der Waals surface area contributed by atoms with Crippen molar-refractivity contribution < 1.29 is 13.9 Å². The summed E-state index contributed by atoms with van der Waals surface area (Å²) >= 11 is 0. The van der Waals surface area contributed by atoms with Crippen molar-refractivity contribution in [1.29, 1.82) is 0 Å². The summed E-state index contributed by atoms with van der Waals surface area (Å²) in [6.45, 7) is 3.29. The number of halogens is 1. The van der Waals surface area contributed by atoms with Crippen LogP contribution in [0.25, 0.3) is 11.2 Å². The molecular weight excluding hydrogens is 437 g/mol. The minimum absolute atomic E-state index is 0.0565. The van der Waals surface area contributed by atoms with Gasteiger partial charge in [-0.15, -0.1) is 0 Å². The van der Waals surface area contributed by atoms with E-state index < -0.39 is 0 Å². The molecule has 2 fully saturated rings. The third kappa shape index (κ3) is 4.54. The zero-order valence-corrected chi connectivity index (χ0v) is 19.3. The molecule has 1 saturated carbocycles. The minimum atomic E-state index is -0.344. The topological polar surface area (TPSA) is 120 Å². The molecule has 0 bridgehead atoms. The lowest BCUT2D eigenvalue weighted by Crippen LogP contribution is -2.29. The largest absolute Gasteiger partial charge is 0.381 e. The molecule has 2 aromatic heterocycles. The first-order valence-corrected chi connectivity index (χ1v) is 11.9. The standard InChI is InChI=1S/C24H30FN7O2/c1-14-3-2-4-18(25)20(14)30-24-29-19-13-27-23(28-16-9-11-34-12-10-16)31-22(19)32(24)17-7-5-15(6-8-17)21(26)33/h2-4,13,15-17H,5-12H2,1H3,(H2,26,33)(H,29,30)(H,27,28,31)/t15-,17+. The Labute approximate surface area is 197 Å². The molecule has 9 nitrogen and oxygen atoms in total. The number of hydrogen-bond acceptors (Lipinski definition) is 7. The van der Waals surface area contributed by atoms with Gasteiger partial charge in [0.05, 0.1) is 11.9 Å². The van der Waals surface area contributed by atoms with Crippen molar-refractivity contribution in [2.45, 2.75) is 57.5 Å². The minimum Gasteiger partial charge on any atom is -0.381 e. The Balaban J connectivity index is 1.52. The molecule has 0 radical (unpaired) electrons. The quantitative estimate of drug-likeness (QED) is 0.504. The number of carbonyl (C=O) groups excluding carboxylic acids is 1. The molecule has 0 atom stereocenters. The Hall–Kier alpha value is -3.27. The first-order valence-electron chi connectivity index (χ1n) is 11.9. The Morgan fingerprint density at radius 2 is 1.91 bits per heavy atom. The van der Waals surface area contributed by atoms with E-state index in [9.17, 15) is 9.18 Å². The number of carbonyl (C=O) groups is 1. The molecule has 180 valence electrons. The fourth-order valence-electron chi connectivity index (χ4n) is 4.94. The molecule has 1 aromatic carbocycles. The van der Waals surface area contributed by atoms with Gasteiger partial charge in [-0.05, 0) is 57.1 Å². The Morgan fingerprint density at radius 3 is 2.62 bits per heavy atom. The van der Waals surface area contributed by atoms with E-state index >= 15 is 0 Å². The Bertz CT molecular complexity index is 1160. The number of nitrogens with two attached hydrogens (primary N) is 1. The summed E-state index contributed by atoms with van der Waals surface area (Å²) in [5, 5.41) is 6.63. The molecule has 0 unspecified atom stereocenters. The van der Waals surface area contributed by atoms with Gasteiger partial charge in [-0.1, -0.05) is 12.1 Å². The number of aromatic nitrogens is 4. The Kier molecular flexibility index (Phi) is 6.32. The van der Waals surface area contributed by atoms with Gasteiger partial charge in [-0.25, -0.2) is 14.4 Å². The number of nitrogens with zero attached hydrogens (tertiary/aromatic N) is 4. The van der Waals surface area contributed by atoms with Crippen LogP contribution in [0.1, 0.15) is 50.1 Å². The zero-order valence-electron chi connectivity index (χ0n) is 19.3. The number of nitrogens with one attached hydrogen (secondary N) is 2. The monoisotopic (exact) mass is 467 g/mol. The molecule has 2 aliphatic rings. The number of hydrogen-bond donors (Lipinski definition) is 3. The fraction of sp³-hybridized carbons (Fsp3) is 0.500. The lowest BCUT2D eigenvalue weighted by Gasteiger charge is -2.29. The van der Waals surface area contributed by atoms with Gasteiger partial charge in [0.25, 0.3) is 0 Å². The second kappa shape index (κ2) is 9.54. The maximum Gasteiger partial charge on any atom is 0.224 e. The number of imidazole rings is 1. The fourth-order valence-corrected chi connectivity index (χ4v) is 4.94. The van der Waals surface area contributed by atoms with Gasteiger partial charge in [0.15, 0.2) is 5.65 Å². The van der Waals surface area contributed by atoms with E-state index in [0.29, 0.717) is 41.6 Å². The van der Waals surface area contributed by atoms with E-state index in [0.717, 1.165) is 44.5 Å². The highest BCUT2D eigenvalue weighted by molar-refractivity contribution is 5.78. The van der Waals surface area contributed by atoms with Crippen LogP contribution in [0.2, 0.25) is 0 Å². The predicted octanol–water partition coefficient (Wildman–Crippen LogP) is 3.82. The van der Waals surface area contributed by atoms with Crippen LogP contribution in [0.4, 0.5) is 22.0 Å². The van der Waals surface area contributed by atoms with E-state index in [1.807, 2.05) is 17.6 Å². The number of fused-ring (bicyclic) bond motifs is 1. The van der Waals surface area contributed by atoms with E-state index in [1.165, 1.54) is 6.07 Å². The van der Waals surface area contributed by atoms with Crippen LogP contribution in [-0.2, 0) is 9.53 Å². The van der Waals surface area contributed by atoms with Gasteiger partial charge < -0.3 is 21.1 Å². The maximum absolute atomic E-state index is 14.6. The second-order valence-electron chi connectivity index (χ2n) is 9.20. The third-order valence-corrected chi connectivity index (χ3v) is 6.91. The molecule has 1 aliphatic heterocycles. The molecule has 10 heteroatoms. The number of para-hydroxylation sites is 1. The lowest BCUT2D eigenvalue weighted by atomic mass is 9.85. The summed E-state index contributed by atoms with van der Waals surface area (Å²) < 4.78 is 22.1. The molecule has 3 aromatic rings. The Morgan fingerprint density at radius 1 is 1.15 bits per heavy atom. The van der Waals surface area contributed by atoms with E-state index in [-0.39, 0.29) is 29.7 Å². The van der Waals surface area contributed by atoms with Gasteiger partial charge in [-0.3, -0.25) is 9.36 Å². The molecular formula is C24H30FN7O2. The lowest BCUT2D eigenvalue weighted by molar-refractivity contribution is -0.122. The SMILES string of the molecule is Cc1cccc(F)c1Nc1nc2cnc(NC3CCOCC3)nc2n1[C@H]1CC[C@@H](C(N)=O)CC1. The average molecular weight is 468 g/mol. The van der Waals surface area contributed by atoms with E-state index in [1.54, 1.807) is 12.3 Å². The predicted molar refractivity (Wildman–Crippen MR) is 127 cm³/mol. The highest BCUT2D eigenvalue weighted by atomic mass is 19.1. The van der Waals surface area contributed by atoms with Crippen LogP contribution < -0.4 is 16.4 Å². The maximum atomic E-state index is 14.6. The average Bonchev–Trinajstić information content (AvgIpc) is 3.19. The highest BCUT2D eigenvalue weighted by Crippen LogP contribution is 2.37. The van der Waals surface area contributed by atoms with Crippen molar-refractivity contribution in [3.8, 4) is 0 Å². The molecule has 0 spiro atoms. The van der Waals surface area contributed by atoms with Gasteiger partial charge in [0.2, 0.25) is 17.8 Å². The van der Waals surface area contributed by atoms with Gasteiger partial charge in [0, 0.05) is 31.2 Å². The summed E-state index contributed by atoms with van der Waals surface area (Å²) in [7, 11) is 0. The summed E-state index contributed by atoms with van der Waals surface area (Å²) in [5.41, 5.74) is 8.03. The number of amides is 1. The summed E-state index contributed by atoms with van der Waals surface area (Å²) in [5.74, 6) is 0.350. The number of ether oxygens (including phenoxy) is 1. The first-order chi connectivity index (χ1) is 16.5. The van der Waals surface area contributed by atoms with Crippen LogP contribution >= 0.6 is 0 Å². The van der Waals surface area contributed by atoms with Gasteiger partial charge in [-0.2, -0.15) is 4.98 Å². The number of primary amides is 1. The van der Waals surface area contributed by atoms with Crippen molar-refractivity contribution in [2.75, 3.05) is 23.8 Å². The summed E-state index contributed by atoms with van der Waals surface area (Å²) in [6.07, 6.45) is 6.43. The molecule has 1 amide bonds. The molecule has 34 heavy (non-hydrogen) atoms. The molecule has 5 rings (SSSR count). The van der Waals surface area contributed by atoms with E-state index in [2.05, 4.69) is 15.6 Å². The van der Waals surface area contributed by atoms with Gasteiger partial charge in [0.1, 0.15) is 11.3 Å². The molecule has 1 saturated heterocycles. The highest BCUT2D eigenvalue weighted by Gasteiger charge is 2.29. The molecule has 3 heterocycles. The van der Waals surface area contributed by atoms with Gasteiger partial charge >= 0.3 is 0 Å². The summed E-state index contributed by atoms with van der Waals surface area (Å²) in [4.78, 5) is 25.7. The third-order valence-electron chi connectivity index (χ3n) is 6.91. The van der Waals surface area contributed by atoms with E-state index in [4.69, 9.17) is 20.4 Å². The second-order valence-corrected chi connectivity index (χ2v) is 9.20. The van der Waals surface area contributed by atoms with Crippen LogP contribution in [-0.4, -0.2) is 44.7 Å². The smallest absolute Gasteiger partial charge is 0.224 e. The van der Waals surface area contributed by atoms with Crippen molar-refractivity contribution in [3.63, 3.8) is 0 Å². The van der Waals surface area contributed by atoms with Crippen LogP contribution in [0.5, 0.6) is 0 Å². The van der Waals surface area contributed by atoms with Crippen molar-refractivity contribution >= 4 is 34.7 Å². The zero-order chi connectivity index (χ0) is 23.7. The number of benzene rings is 1. The van der Waals surface area contributed by atoms with Crippen LogP contribution in [0.15, 0.2) is 24.4 Å². The van der Waals surface area contributed by atoms with Crippen LogP contribution in [0, 0.1) is 18.7 Å².